The van der Waals surface area contributed by atoms with E-state index >= 15 is 0 Å². The van der Waals surface area contributed by atoms with E-state index in [0.29, 0.717) is 0 Å². The summed E-state index contributed by atoms with van der Waals surface area (Å²) in [5, 5.41) is 0. The highest BCUT2D eigenvalue weighted by Gasteiger charge is 2.31. The summed E-state index contributed by atoms with van der Waals surface area (Å²) in [4.78, 5) is 0. The van der Waals surface area contributed by atoms with Gasteiger partial charge in [0.1, 0.15) is 0 Å². The Morgan fingerprint density at radius 3 is 3.00 bits per heavy atom. The topological polar surface area (TPSA) is 9.23 Å². The van der Waals surface area contributed by atoms with Gasteiger partial charge in [-0.25, -0.2) is 0 Å². The minimum atomic E-state index is 0.821. The zero-order valence-corrected chi connectivity index (χ0v) is 6.31. The van der Waals surface area contributed by atoms with Gasteiger partial charge in [-0.1, -0.05) is 12.2 Å². The van der Waals surface area contributed by atoms with Crippen molar-refractivity contribution in [2.45, 2.75) is 19.3 Å². The average molecular weight is 138 g/mol. The Kier molecular flexibility index (Phi) is 1.53. The van der Waals surface area contributed by atoms with Gasteiger partial charge < -0.3 is 4.74 Å². The molecule has 2 atom stereocenters. The lowest BCUT2D eigenvalue weighted by atomic mass is 9.80. The van der Waals surface area contributed by atoms with Gasteiger partial charge in [0.15, 0.2) is 0 Å². The molecule has 10 heavy (non-hydrogen) atoms. The van der Waals surface area contributed by atoms with Crippen molar-refractivity contribution in [3.05, 3.63) is 12.2 Å². The Hall–Kier alpha value is -0.300. The van der Waals surface area contributed by atoms with Crippen molar-refractivity contribution >= 4 is 0 Å². The van der Waals surface area contributed by atoms with Gasteiger partial charge >= 0.3 is 0 Å². The first-order valence-electron chi connectivity index (χ1n) is 4.10. The molecule has 1 saturated heterocycles. The molecule has 0 aromatic heterocycles. The normalized spacial score (nSPS) is 39.8. The van der Waals surface area contributed by atoms with E-state index in [0.717, 1.165) is 25.0 Å². The molecule has 1 heterocycles. The Balaban J connectivity index is 2.03. The molecule has 2 unspecified atom stereocenters. The van der Waals surface area contributed by atoms with Crippen LogP contribution >= 0.6 is 0 Å². The standard InChI is InChI=1S/C9H14O/c1-7-2-3-8-5-10-6-9(8)4-7/h8-9H,1-6H2. The van der Waals surface area contributed by atoms with Crippen LogP contribution in [0.25, 0.3) is 0 Å². The minimum absolute atomic E-state index is 0.821. The number of fused-ring (bicyclic) bond motifs is 1. The summed E-state index contributed by atoms with van der Waals surface area (Å²) >= 11 is 0. The van der Waals surface area contributed by atoms with E-state index in [1.807, 2.05) is 0 Å². The molecule has 0 bridgehead atoms. The summed E-state index contributed by atoms with van der Waals surface area (Å²) in [6, 6.07) is 0. The number of ether oxygens (including phenoxy) is 1. The second kappa shape index (κ2) is 2.39. The van der Waals surface area contributed by atoms with Crippen molar-refractivity contribution in [2.24, 2.45) is 11.8 Å². The molecule has 0 spiro atoms. The van der Waals surface area contributed by atoms with Crippen LogP contribution in [-0.4, -0.2) is 13.2 Å². The molecule has 0 aromatic rings. The van der Waals surface area contributed by atoms with Crippen LogP contribution in [0.1, 0.15) is 19.3 Å². The van der Waals surface area contributed by atoms with Crippen LogP contribution in [0.4, 0.5) is 0 Å². The van der Waals surface area contributed by atoms with Crippen molar-refractivity contribution in [1.29, 1.82) is 0 Å². The van der Waals surface area contributed by atoms with Crippen molar-refractivity contribution in [3.63, 3.8) is 0 Å². The zero-order valence-electron chi connectivity index (χ0n) is 6.31. The predicted molar refractivity (Wildman–Crippen MR) is 40.8 cm³/mol. The molecule has 56 valence electrons. The molecule has 1 nitrogen and oxygen atoms in total. The van der Waals surface area contributed by atoms with E-state index < -0.39 is 0 Å². The first kappa shape index (κ1) is 6.41. The van der Waals surface area contributed by atoms with Gasteiger partial charge in [-0.2, -0.15) is 0 Å². The largest absolute Gasteiger partial charge is 0.381 e. The van der Waals surface area contributed by atoms with Crippen LogP contribution in [-0.2, 0) is 4.74 Å². The maximum atomic E-state index is 5.40. The molecule has 0 radical (unpaired) electrons. The lowest BCUT2D eigenvalue weighted by Crippen LogP contribution is -2.17. The molecular formula is C9H14O. The van der Waals surface area contributed by atoms with E-state index in [9.17, 15) is 0 Å². The third-order valence-corrected chi connectivity index (χ3v) is 2.75. The predicted octanol–water partition coefficient (Wildman–Crippen LogP) is 1.99. The average Bonchev–Trinajstić information content (AvgIpc) is 2.33. The molecule has 0 aromatic carbocycles. The molecule has 2 rings (SSSR count). The SMILES string of the molecule is C=C1CCC2COCC2C1. The molecule has 2 fully saturated rings. The fourth-order valence-corrected chi connectivity index (χ4v) is 2.05. The quantitative estimate of drug-likeness (QED) is 0.465. The fourth-order valence-electron chi connectivity index (χ4n) is 2.05. The van der Waals surface area contributed by atoms with E-state index in [1.54, 1.807) is 0 Å². The van der Waals surface area contributed by atoms with Gasteiger partial charge in [-0.3, -0.25) is 0 Å². The van der Waals surface area contributed by atoms with E-state index in [4.69, 9.17) is 4.74 Å². The van der Waals surface area contributed by atoms with Gasteiger partial charge in [-0.15, -0.1) is 0 Å². The van der Waals surface area contributed by atoms with Gasteiger partial charge in [0.2, 0.25) is 0 Å². The van der Waals surface area contributed by atoms with Gasteiger partial charge in [0.05, 0.1) is 6.61 Å². The summed E-state index contributed by atoms with van der Waals surface area (Å²) in [7, 11) is 0. The highest BCUT2D eigenvalue weighted by atomic mass is 16.5. The monoisotopic (exact) mass is 138 g/mol. The molecule has 2 aliphatic rings. The van der Waals surface area contributed by atoms with Crippen LogP contribution < -0.4 is 0 Å². The van der Waals surface area contributed by atoms with E-state index in [2.05, 4.69) is 6.58 Å². The number of allylic oxidation sites excluding steroid dienone is 1. The summed E-state index contributed by atoms with van der Waals surface area (Å²) < 4.78 is 5.40. The lowest BCUT2D eigenvalue weighted by Gasteiger charge is -2.24. The third-order valence-electron chi connectivity index (χ3n) is 2.75. The van der Waals surface area contributed by atoms with Crippen molar-refractivity contribution in [2.75, 3.05) is 13.2 Å². The van der Waals surface area contributed by atoms with Crippen LogP contribution in [0.15, 0.2) is 12.2 Å². The van der Waals surface area contributed by atoms with Crippen molar-refractivity contribution in [1.82, 2.24) is 0 Å². The summed E-state index contributed by atoms with van der Waals surface area (Å²) in [6.45, 7) is 6.02. The summed E-state index contributed by atoms with van der Waals surface area (Å²) in [5.41, 5.74) is 1.44. The van der Waals surface area contributed by atoms with Crippen LogP contribution in [0.5, 0.6) is 0 Å². The second-order valence-corrected chi connectivity index (χ2v) is 3.55. The maximum Gasteiger partial charge on any atom is 0.0500 e. The van der Waals surface area contributed by atoms with Crippen LogP contribution in [0, 0.1) is 11.8 Å². The van der Waals surface area contributed by atoms with Gasteiger partial charge in [0.25, 0.3) is 0 Å². The number of hydrogen-bond acceptors (Lipinski definition) is 1. The Labute approximate surface area is 62.1 Å². The third kappa shape index (κ3) is 0.988. The molecule has 1 aliphatic heterocycles. The highest BCUT2D eigenvalue weighted by molar-refractivity contribution is 5.02. The fraction of sp³-hybridized carbons (Fsp3) is 0.778. The Morgan fingerprint density at radius 2 is 2.10 bits per heavy atom. The second-order valence-electron chi connectivity index (χ2n) is 3.55. The first-order valence-corrected chi connectivity index (χ1v) is 4.10. The van der Waals surface area contributed by atoms with Crippen molar-refractivity contribution < 1.29 is 4.74 Å². The first-order chi connectivity index (χ1) is 4.86. The number of rotatable bonds is 0. The lowest BCUT2D eigenvalue weighted by molar-refractivity contribution is 0.181. The summed E-state index contributed by atoms with van der Waals surface area (Å²) in [5.74, 6) is 1.69. The van der Waals surface area contributed by atoms with E-state index in [-0.39, 0.29) is 0 Å². The minimum Gasteiger partial charge on any atom is -0.381 e. The number of hydrogen-bond donors (Lipinski definition) is 0. The van der Waals surface area contributed by atoms with Crippen LogP contribution in [0.3, 0.4) is 0 Å². The molecule has 0 N–H and O–H groups in total. The highest BCUT2D eigenvalue weighted by Crippen LogP contribution is 2.36. The smallest absolute Gasteiger partial charge is 0.0500 e. The molecule has 1 saturated carbocycles. The molecule has 1 aliphatic carbocycles. The van der Waals surface area contributed by atoms with E-state index in [1.165, 1.54) is 24.8 Å². The molecule has 1 heteroatoms. The van der Waals surface area contributed by atoms with Gasteiger partial charge in [0, 0.05) is 6.61 Å². The Bertz CT molecular complexity index is 151. The van der Waals surface area contributed by atoms with Crippen LogP contribution in [0.2, 0.25) is 0 Å². The van der Waals surface area contributed by atoms with Gasteiger partial charge in [-0.05, 0) is 31.1 Å². The Morgan fingerprint density at radius 1 is 1.30 bits per heavy atom. The zero-order chi connectivity index (χ0) is 6.97. The molecular weight excluding hydrogens is 124 g/mol. The maximum absolute atomic E-state index is 5.40. The van der Waals surface area contributed by atoms with Crippen molar-refractivity contribution in [3.8, 4) is 0 Å². The summed E-state index contributed by atoms with van der Waals surface area (Å²) in [6.07, 6.45) is 3.79. The molecule has 0 amide bonds.